The van der Waals surface area contributed by atoms with Crippen LogP contribution < -0.4 is 20.7 Å². The zero-order valence-corrected chi connectivity index (χ0v) is 23.4. The fraction of sp³-hybridized carbons (Fsp3) is 0.143. The average Bonchev–Trinajstić information content (AvgIpc) is 2.97. The van der Waals surface area contributed by atoms with Crippen molar-refractivity contribution < 1.29 is 14.7 Å². The summed E-state index contributed by atoms with van der Waals surface area (Å²) in [6, 6.07) is 41.6. The van der Waals surface area contributed by atoms with E-state index in [4.69, 9.17) is 4.74 Å². The maximum absolute atomic E-state index is 12.4. The van der Waals surface area contributed by atoms with Crippen LogP contribution in [0.2, 0.25) is 0 Å². The minimum atomic E-state index is -3.45. The number of ether oxygens (including phenoxy) is 1. The zero-order chi connectivity index (χ0) is 27.2. The summed E-state index contributed by atoms with van der Waals surface area (Å²) >= 11 is 0. The van der Waals surface area contributed by atoms with E-state index in [9.17, 15) is 10.00 Å². The summed E-state index contributed by atoms with van der Waals surface area (Å²) in [5.74, 6) is 1.31. The van der Waals surface area contributed by atoms with E-state index in [2.05, 4.69) is 62.4 Å². The Morgan fingerprint density at radius 3 is 1.67 bits per heavy atom. The van der Waals surface area contributed by atoms with Gasteiger partial charge in [0.15, 0.2) is 0 Å². The summed E-state index contributed by atoms with van der Waals surface area (Å²) in [5.41, 5.74) is 4.74. The van der Waals surface area contributed by atoms with E-state index in [-0.39, 0.29) is 5.75 Å². The normalized spacial score (nSPS) is 11.9. The molecule has 0 unspecified atom stereocenters. The third-order valence-electron chi connectivity index (χ3n) is 7.02. The fourth-order valence-corrected chi connectivity index (χ4v) is 8.20. The van der Waals surface area contributed by atoms with Crippen molar-refractivity contribution >= 4 is 23.4 Å². The number of hydrogen-bond donors (Lipinski definition) is 2. The number of rotatable bonds is 9. The first kappa shape index (κ1) is 26.7. The Hall–Kier alpha value is -3.91. The SMILES string of the molecule is CC(C)Cc1ccc(-c2ccc(COc3ccc(O)cc3[PH](O)(c3ccccc3)c3ccccc3)cc2)cc1. The van der Waals surface area contributed by atoms with Crippen molar-refractivity contribution in [3.8, 4) is 22.6 Å². The van der Waals surface area contributed by atoms with E-state index in [0.29, 0.717) is 23.6 Å². The van der Waals surface area contributed by atoms with Crippen LogP contribution in [0.3, 0.4) is 0 Å². The van der Waals surface area contributed by atoms with Gasteiger partial charge >= 0.3 is 206 Å². The first-order valence-corrected chi connectivity index (χ1v) is 15.4. The average molecular weight is 535 g/mol. The summed E-state index contributed by atoms with van der Waals surface area (Å²) in [5, 5.41) is 12.7. The van der Waals surface area contributed by atoms with Crippen molar-refractivity contribution in [3.05, 3.63) is 139 Å². The van der Waals surface area contributed by atoms with Gasteiger partial charge in [0.25, 0.3) is 0 Å². The second-order valence-electron chi connectivity index (χ2n) is 10.4. The van der Waals surface area contributed by atoms with E-state index >= 15 is 0 Å². The van der Waals surface area contributed by atoms with Gasteiger partial charge in [-0.05, 0) is 12.3 Å². The standard InChI is InChI=1S/C35H35O3P/c1-26(2)23-27-13-17-29(18-14-27)30-19-15-28(16-20-30)25-38-34-22-21-31(36)24-35(34)39(37,32-9-5-3-6-10-32)33-11-7-4-8-12-33/h3-22,24,26,36-37,39H,23,25H2,1-2H3. The van der Waals surface area contributed by atoms with Gasteiger partial charge in [-0.2, -0.15) is 0 Å². The molecule has 0 aliphatic heterocycles. The number of aromatic hydroxyl groups is 1. The molecule has 0 atom stereocenters. The third kappa shape index (κ3) is 6.06. The summed E-state index contributed by atoms with van der Waals surface area (Å²) in [7, 11) is -3.45. The van der Waals surface area contributed by atoms with Crippen molar-refractivity contribution in [3.63, 3.8) is 0 Å². The molecule has 5 rings (SSSR count). The van der Waals surface area contributed by atoms with Crippen LogP contribution >= 0.6 is 7.49 Å². The molecule has 0 aliphatic rings. The van der Waals surface area contributed by atoms with Crippen LogP contribution in [0.25, 0.3) is 11.1 Å². The van der Waals surface area contributed by atoms with Gasteiger partial charge in [0, 0.05) is 0 Å². The quantitative estimate of drug-likeness (QED) is 0.205. The molecule has 0 amide bonds. The zero-order valence-electron chi connectivity index (χ0n) is 22.4. The molecule has 2 N–H and O–H groups in total. The molecule has 0 radical (unpaired) electrons. The molecule has 0 saturated carbocycles. The van der Waals surface area contributed by atoms with Crippen molar-refractivity contribution in [1.29, 1.82) is 0 Å². The molecular formula is C35H35O3P. The Balaban J connectivity index is 1.41. The van der Waals surface area contributed by atoms with Crippen LogP contribution in [0.15, 0.2) is 127 Å². The molecular weight excluding hydrogens is 499 g/mol. The molecule has 0 aromatic heterocycles. The molecule has 0 bridgehead atoms. The van der Waals surface area contributed by atoms with Crippen molar-refractivity contribution in [2.45, 2.75) is 26.9 Å². The Kier molecular flexibility index (Phi) is 8.12. The molecule has 0 aliphatic carbocycles. The number of phenolic OH excluding ortho intramolecular Hbond substituents is 1. The molecule has 4 heteroatoms. The Morgan fingerprint density at radius 1 is 0.641 bits per heavy atom. The molecule has 3 nitrogen and oxygen atoms in total. The van der Waals surface area contributed by atoms with Gasteiger partial charge in [-0.3, -0.25) is 0 Å². The second-order valence-corrected chi connectivity index (χ2v) is 13.5. The van der Waals surface area contributed by atoms with Gasteiger partial charge in [0.1, 0.15) is 0 Å². The van der Waals surface area contributed by atoms with Crippen LogP contribution in [-0.4, -0.2) is 10.00 Å². The minimum absolute atomic E-state index is 0.0962. The van der Waals surface area contributed by atoms with Crippen LogP contribution in [-0.2, 0) is 13.0 Å². The van der Waals surface area contributed by atoms with Gasteiger partial charge in [0.05, 0.1) is 0 Å². The van der Waals surface area contributed by atoms with Gasteiger partial charge < -0.3 is 0 Å². The van der Waals surface area contributed by atoms with Gasteiger partial charge in [-0.15, -0.1) is 0 Å². The Labute approximate surface area is 231 Å². The van der Waals surface area contributed by atoms with Gasteiger partial charge in [0.2, 0.25) is 0 Å². The third-order valence-corrected chi connectivity index (χ3v) is 10.5. The van der Waals surface area contributed by atoms with E-state index in [1.807, 2.05) is 60.7 Å². The Bertz CT molecular complexity index is 1460. The molecule has 0 heterocycles. The number of benzene rings is 5. The van der Waals surface area contributed by atoms with Crippen LogP contribution in [0.1, 0.15) is 25.0 Å². The first-order valence-electron chi connectivity index (χ1n) is 13.4. The van der Waals surface area contributed by atoms with Gasteiger partial charge in [-0.25, -0.2) is 0 Å². The molecule has 39 heavy (non-hydrogen) atoms. The predicted molar refractivity (Wildman–Crippen MR) is 165 cm³/mol. The van der Waals surface area contributed by atoms with Crippen molar-refractivity contribution in [2.75, 3.05) is 0 Å². The summed E-state index contributed by atoms with van der Waals surface area (Å²) in [6.45, 7) is 4.82. The summed E-state index contributed by atoms with van der Waals surface area (Å²) < 4.78 is 6.33. The summed E-state index contributed by atoms with van der Waals surface area (Å²) in [4.78, 5) is 12.4. The molecule has 198 valence electrons. The van der Waals surface area contributed by atoms with Gasteiger partial charge in [-0.1, -0.05) is 13.8 Å². The monoisotopic (exact) mass is 534 g/mol. The van der Waals surface area contributed by atoms with E-state index in [0.717, 1.165) is 28.2 Å². The summed E-state index contributed by atoms with van der Waals surface area (Å²) in [6.07, 6.45) is 1.09. The number of phenols is 1. The number of hydrogen-bond acceptors (Lipinski definition) is 3. The molecule has 5 aromatic rings. The predicted octanol–water partition coefficient (Wildman–Crippen LogP) is 6.77. The molecule has 5 aromatic carbocycles. The topological polar surface area (TPSA) is 49.7 Å². The molecule has 0 saturated heterocycles. The molecule has 0 spiro atoms. The van der Waals surface area contributed by atoms with Crippen LogP contribution in [0.4, 0.5) is 0 Å². The Morgan fingerprint density at radius 2 is 1.15 bits per heavy atom. The van der Waals surface area contributed by atoms with E-state index < -0.39 is 7.49 Å². The van der Waals surface area contributed by atoms with Crippen LogP contribution in [0, 0.1) is 5.92 Å². The molecule has 0 fully saturated rings. The van der Waals surface area contributed by atoms with Crippen molar-refractivity contribution in [1.82, 2.24) is 0 Å². The van der Waals surface area contributed by atoms with E-state index in [1.165, 1.54) is 11.1 Å². The van der Waals surface area contributed by atoms with E-state index in [1.54, 1.807) is 18.2 Å². The van der Waals surface area contributed by atoms with Crippen molar-refractivity contribution in [2.24, 2.45) is 5.92 Å². The fourth-order valence-electron chi connectivity index (χ4n) is 5.02. The first-order chi connectivity index (χ1) is 18.9. The van der Waals surface area contributed by atoms with Crippen LogP contribution in [0.5, 0.6) is 11.5 Å². The second kappa shape index (κ2) is 11.9. The maximum atomic E-state index is 12.4.